The van der Waals surface area contributed by atoms with E-state index in [1.807, 2.05) is 30.3 Å². The molecule has 1 atom stereocenters. The fourth-order valence-electron chi connectivity index (χ4n) is 2.04. The third kappa shape index (κ3) is 3.12. The molecule has 3 heteroatoms. The number of nitrogens with zero attached hydrogens (tertiary/aromatic N) is 1. The highest BCUT2D eigenvalue weighted by Crippen LogP contribution is 2.25. The summed E-state index contributed by atoms with van der Waals surface area (Å²) in [5.41, 5.74) is 8.96. The summed E-state index contributed by atoms with van der Waals surface area (Å²) in [5, 5.41) is 0. The van der Waals surface area contributed by atoms with E-state index in [1.54, 1.807) is 0 Å². The van der Waals surface area contributed by atoms with Gasteiger partial charge in [0.15, 0.2) is 0 Å². The normalized spacial score (nSPS) is 11.9. The maximum absolute atomic E-state index is 5.61. The van der Waals surface area contributed by atoms with Gasteiger partial charge in [0.1, 0.15) is 4.99 Å². The Bertz CT molecular complexity index is 549. The first-order chi connectivity index (χ1) is 9.09. The molecule has 0 bridgehead atoms. The molecule has 2 aromatic carbocycles. The van der Waals surface area contributed by atoms with Gasteiger partial charge in [-0.2, -0.15) is 0 Å². The van der Waals surface area contributed by atoms with Gasteiger partial charge in [0, 0.05) is 18.3 Å². The maximum atomic E-state index is 5.61. The van der Waals surface area contributed by atoms with Crippen LogP contribution in [0.1, 0.15) is 24.1 Å². The fourth-order valence-corrected chi connectivity index (χ4v) is 2.18. The van der Waals surface area contributed by atoms with Crippen molar-refractivity contribution >= 4 is 22.9 Å². The van der Waals surface area contributed by atoms with E-state index in [1.165, 1.54) is 5.56 Å². The molecule has 0 spiro atoms. The zero-order valence-corrected chi connectivity index (χ0v) is 12.0. The highest BCUT2D eigenvalue weighted by molar-refractivity contribution is 7.80. The van der Waals surface area contributed by atoms with Crippen molar-refractivity contribution in [2.24, 2.45) is 5.73 Å². The van der Waals surface area contributed by atoms with Crippen LogP contribution in [0.4, 0.5) is 5.69 Å². The van der Waals surface area contributed by atoms with Gasteiger partial charge < -0.3 is 10.6 Å². The molecular weight excluding hydrogens is 252 g/mol. The van der Waals surface area contributed by atoms with E-state index in [9.17, 15) is 0 Å². The first kappa shape index (κ1) is 13.6. The molecule has 0 aliphatic rings. The minimum Gasteiger partial charge on any atom is -0.389 e. The molecule has 98 valence electrons. The number of nitrogens with two attached hydrogens (primary N) is 1. The monoisotopic (exact) mass is 270 g/mol. The molecule has 0 amide bonds. The van der Waals surface area contributed by atoms with Crippen LogP contribution in [0.15, 0.2) is 54.6 Å². The lowest BCUT2D eigenvalue weighted by Gasteiger charge is -2.27. The van der Waals surface area contributed by atoms with Gasteiger partial charge in [-0.1, -0.05) is 42.5 Å². The third-order valence-corrected chi connectivity index (χ3v) is 3.66. The average Bonchev–Trinajstić information content (AvgIpc) is 2.46. The molecule has 0 fully saturated rings. The Kier molecular flexibility index (Phi) is 4.17. The molecule has 0 aromatic heterocycles. The Morgan fingerprint density at radius 2 is 1.63 bits per heavy atom. The van der Waals surface area contributed by atoms with Gasteiger partial charge in [0.2, 0.25) is 0 Å². The van der Waals surface area contributed by atoms with Gasteiger partial charge >= 0.3 is 0 Å². The summed E-state index contributed by atoms with van der Waals surface area (Å²) in [6.45, 7) is 2.19. The van der Waals surface area contributed by atoms with Crippen molar-refractivity contribution in [1.29, 1.82) is 0 Å². The van der Waals surface area contributed by atoms with Crippen LogP contribution in [-0.2, 0) is 0 Å². The lowest BCUT2D eigenvalue weighted by atomic mass is 10.1. The molecular formula is C16H18N2S. The Labute approximate surface area is 119 Å². The summed E-state index contributed by atoms with van der Waals surface area (Å²) in [5.74, 6) is 0. The van der Waals surface area contributed by atoms with Crippen LogP contribution in [0, 0.1) is 0 Å². The first-order valence-electron chi connectivity index (χ1n) is 6.27. The minimum atomic E-state index is 0.317. The molecule has 2 N–H and O–H groups in total. The molecule has 19 heavy (non-hydrogen) atoms. The smallest absolute Gasteiger partial charge is 0.103 e. The Hall–Kier alpha value is -1.87. The van der Waals surface area contributed by atoms with Gasteiger partial charge in [0.25, 0.3) is 0 Å². The lowest BCUT2D eigenvalue weighted by Crippen LogP contribution is -2.21. The van der Waals surface area contributed by atoms with E-state index < -0.39 is 0 Å². The van der Waals surface area contributed by atoms with Crippen LogP contribution in [0.25, 0.3) is 0 Å². The summed E-state index contributed by atoms with van der Waals surface area (Å²) in [7, 11) is 2.09. The summed E-state index contributed by atoms with van der Waals surface area (Å²) < 4.78 is 0. The first-order valence-corrected chi connectivity index (χ1v) is 6.68. The molecule has 0 heterocycles. The largest absolute Gasteiger partial charge is 0.389 e. The number of benzene rings is 2. The molecule has 0 saturated carbocycles. The van der Waals surface area contributed by atoms with Gasteiger partial charge in [0.05, 0.1) is 6.04 Å². The third-order valence-electron chi connectivity index (χ3n) is 3.42. The summed E-state index contributed by atoms with van der Waals surface area (Å²) in [6, 6.07) is 18.8. The zero-order chi connectivity index (χ0) is 13.8. The topological polar surface area (TPSA) is 29.3 Å². The zero-order valence-electron chi connectivity index (χ0n) is 11.2. The second-order valence-corrected chi connectivity index (χ2v) is 5.05. The molecule has 0 radical (unpaired) electrons. The van der Waals surface area contributed by atoms with E-state index in [4.69, 9.17) is 18.0 Å². The van der Waals surface area contributed by atoms with Gasteiger partial charge in [-0.25, -0.2) is 0 Å². The Morgan fingerprint density at radius 3 is 2.16 bits per heavy atom. The number of hydrogen-bond donors (Lipinski definition) is 1. The molecule has 1 unspecified atom stereocenters. The number of thiocarbonyl (C=S) groups is 1. The van der Waals surface area contributed by atoms with Crippen molar-refractivity contribution in [1.82, 2.24) is 0 Å². The SMILES string of the molecule is CC(c1ccccc1)N(C)c1ccc(C(N)=S)cc1. The van der Waals surface area contributed by atoms with Gasteiger partial charge in [-0.05, 0) is 36.8 Å². The summed E-state index contributed by atoms with van der Waals surface area (Å²) >= 11 is 4.96. The van der Waals surface area contributed by atoms with E-state index in [2.05, 4.69) is 43.1 Å². The quantitative estimate of drug-likeness (QED) is 0.862. The predicted octanol–water partition coefficient (Wildman–Crippen LogP) is 3.52. The number of anilines is 1. The van der Waals surface area contributed by atoms with Crippen LogP contribution in [0.5, 0.6) is 0 Å². The minimum absolute atomic E-state index is 0.317. The molecule has 2 aromatic rings. The van der Waals surface area contributed by atoms with E-state index >= 15 is 0 Å². The van der Waals surface area contributed by atoms with Gasteiger partial charge in [-0.3, -0.25) is 0 Å². The molecule has 0 aliphatic heterocycles. The van der Waals surface area contributed by atoms with Crippen molar-refractivity contribution in [2.45, 2.75) is 13.0 Å². The second-order valence-electron chi connectivity index (χ2n) is 4.61. The van der Waals surface area contributed by atoms with Crippen LogP contribution >= 0.6 is 12.2 Å². The van der Waals surface area contributed by atoms with Crippen LogP contribution in [-0.4, -0.2) is 12.0 Å². The predicted molar refractivity (Wildman–Crippen MR) is 85.6 cm³/mol. The van der Waals surface area contributed by atoms with Crippen molar-refractivity contribution in [3.63, 3.8) is 0 Å². The maximum Gasteiger partial charge on any atom is 0.103 e. The van der Waals surface area contributed by atoms with Gasteiger partial charge in [-0.15, -0.1) is 0 Å². The average molecular weight is 270 g/mol. The fraction of sp³-hybridized carbons (Fsp3) is 0.188. The van der Waals surface area contributed by atoms with E-state index in [0.29, 0.717) is 11.0 Å². The molecule has 2 rings (SSSR count). The number of rotatable bonds is 4. The highest BCUT2D eigenvalue weighted by Gasteiger charge is 2.11. The van der Waals surface area contributed by atoms with Crippen molar-refractivity contribution < 1.29 is 0 Å². The lowest BCUT2D eigenvalue weighted by molar-refractivity contribution is 0.740. The highest BCUT2D eigenvalue weighted by atomic mass is 32.1. The number of hydrogen-bond acceptors (Lipinski definition) is 2. The molecule has 0 aliphatic carbocycles. The summed E-state index contributed by atoms with van der Waals surface area (Å²) in [4.78, 5) is 2.67. The van der Waals surface area contributed by atoms with Crippen LogP contribution in [0.3, 0.4) is 0 Å². The summed E-state index contributed by atoms with van der Waals surface area (Å²) in [6.07, 6.45) is 0. The van der Waals surface area contributed by atoms with E-state index in [0.717, 1.165) is 11.3 Å². The Morgan fingerprint density at radius 1 is 1.05 bits per heavy atom. The second kappa shape index (κ2) is 5.85. The molecule has 2 nitrogen and oxygen atoms in total. The Balaban J connectivity index is 2.19. The standard InChI is InChI=1S/C16H18N2S/c1-12(13-6-4-3-5-7-13)18(2)15-10-8-14(9-11-15)16(17)19/h3-12H,1-2H3,(H2,17,19). The van der Waals surface area contributed by atoms with Crippen LogP contribution in [0.2, 0.25) is 0 Å². The van der Waals surface area contributed by atoms with E-state index in [-0.39, 0.29) is 0 Å². The van der Waals surface area contributed by atoms with Crippen molar-refractivity contribution in [3.8, 4) is 0 Å². The van der Waals surface area contributed by atoms with Crippen molar-refractivity contribution in [3.05, 3.63) is 65.7 Å². The van der Waals surface area contributed by atoms with Crippen LogP contribution < -0.4 is 10.6 Å². The molecule has 0 saturated heterocycles. The van der Waals surface area contributed by atoms with Crippen molar-refractivity contribution in [2.75, 3.05) is 11.9 Å².